The Hall–Kier alpha value is -1.01. The monoisotopic (exact) mass is 334 g/mol. The number of aliphatic hydroxyl groups is 1. The van der Waals surface area contributed by atoms with Gasteiger partial charge in [-0.2, -0.15) is 0 Å². The van der Waals surface area contributed by atoms with Gasteiger partial charge in [0, 0.05) is 37.1 Å². The molecule has 126 valence electrons. The third-order valence-electron chi connectivity index (χ3n) is 5.14. The van der Waals surface area contributed by atoms with E-state index >= 15 is 0 Å². The smallest absolute Gasteiger partial charge is 0.0982 e. The first-order valence-electron chi connectivity index (χ1n) is 8.41. The second-order valence-corrected chi connectivity index (χ2v) is 7.81. The molecule has 0 saturated carbocycles. The SMILES string of the molecule is CC(NCC1(CO)CCOCC1)C(C)c1nc2ccccc2s1. The quantitative estimate of drug-likeness (QED) is 0.852. The number of rotatable bonds is 6. The summed E-state index contributed by atoms with van der Waals surface area (Å²) in [6.45, 7) is 7.01. The molecule has 1 aromatic carbocycles. The molecule has 4 nitrogen and oxygen atoms in total. The van der Waals surface area contributed by atoms with E-state index in [1.165, 1.54) is 9.71 Å². The van der Waals surface area contributed by atoms with Crippen LogP contribution in [0.3, 0.4) is 0 Å². The van der Waals surface area contributed by atoms with Crippen molar-refractivity contribution in [1.29, 1.82) is 0 Å². The molecule has 5 heteroatoms. The van der Waals surface area contributed by atoms with Crippen molar-refractivity contribution in [2.45, 2.75) is 38.6 Å². The Morgan fingerprint density at radius 2 is 2.04 bits per heavy atom. The Morgan fingerprint density at radius 1 is 1.30 bits per heavy atom. The van der Waals surface area contributed by atoms with Crippen LogP contribution in [0, 0.1) is 5.41 Å². The van der Waals surface area contributed by atoms with Crippen LogP contribution in [0.5, 0.6) is 0 Å². The fourth-order valence-corrected chi connectivity index (χ4v) is 4.17. The van der Waals surface area contributed by atoms with Crippen LogP contribution in [-0.2, 0) is 4.74 Å². The maximum absolute atomic E-state index is 9.80. The molecule has 3 rings (SSSR count). The molecule has 1 aromatic heterocycles. The molecule has 23 heavy (non-hydrogen) atoms. The number of hydrogen-bond acceptors (Lipinski definition) is 5. The molecule has 2 aromatic rings. The van der Waals surface area contributed by atoms with Crippen molar-refractivity contribution in [1.82, 2.24) is 10.3 Å². The summed E-state index contributed by atoms with van der Waals surface area (Å²) >= 11 is 1.78. The molecule has 0 radical (unpaired) electrons. The highest BCUT2D eigenvalue weighted by Gasteiger charge is 2.32. The number of benzene rings is 1. The van der Waals surface area contributed by atoms with Crippen molar-refractivity contribution in [3.05, 3.63) is 29.3 Å². The van der Waals surface area contributed by atoms with E-state index in [1.54, 1.807) is 11.3 Å². The minimum Gasteiger partial charge on any atom is -0.396 e. The Balaban J connectivity index is 1.63. The average Bonchev–Trinajstić information content (AvgIpc) is 3.04. The largest absolute Gasteiger partial charge is 0.396 e. The highest BCUT2D eigenvalue weighted by Crippen LogP contribution is 2.31. The summed E-state index contributed by atoms with van der Waals surface area (Å²) in [7, 11) is 0. The van der Waals surface area contributed by atoms with Crippen LogP contribution in [0.15, 0.2) is 24.3 Å². The zero-order valence-corrected chi connectivity index (χ0v) is 14.7. The normalized spacial score (nSPS) is 20.5. The first-order valence-corrected chi connectivity index (χ1v) is 9.23. The third-order valence-corrected chi connectivity index (χ3v) is 6.38. The fraction of sp³-hybridized carbons (Fsp3) is 0.611. The molecule has 2 heterocycles. The topological polar surface area (TPSA) is 54.4 Å². The fourth-order valence-electron chi connectivity index (χ4n) is 3.05. The van der Waals surface area contributed by atoms with Crippen molar-refractivity contribution in [2.75, 3.05) is 26.4 Å². The minimum atomic E-state index is -0.0280. The van der Waals surface area contributed by atoms with E-state index < -0.39 is 0 Å². The molecular formula is C18H26N2O2S. The molecule has 0 amide bonds. The first-order chi connectivity index (χ1) is 11.1. The summed E-state index contributed by atoms with van der Waals surface area (Å²) in [6, 6.07) is 8.62. The summed E-state index contributed by atoms with van der Waals surface area (Å²) in [5, 5.41) is 14.6. The molecule has 2 N–H and O–H groups in total. The Kier molecular flexibility index (Phi) is 5.31. The van der Waals surface area contributed by atoms with Gasteiger partial charge in [0.1, 0.15) is 0 Å². The van der Waals surface area contributed by atoms with E-state index in [9.17, 15) is 5.11 Å². The van der Waals surface area contributed by atoms with Crippen molar-refractivity contribution in [3.63, 3.8) is 0 Å². The summed E-state index contributed by atoms with van der Waals surface area (Å²) in [6.07, 6.45) is 1.86. The van der Waals surface area contributed by atoms with E-state index in [2.05, 4.69) is 37.4 Å². The maximum atomic E-state index is 9.80. The van der Waals surface area contributed by atoms with Gasteiger partial charge >= 0.3 is 0 Å². The van der Waals surface area contributed by atoms with Crippen LogP contribution < -0.4 is 5.32 Å². The van der Waals surface area contributed by atoms with Crippen molar-refractivity contribution in [3.8, 4) is 0 Å². The number of fused-ring (bicyclic) bond motifs is 1. The molecule has 0 aliphatic carbocycles. The summed E-state index contributed by atoms with van der Waals surface area (Å²) in [4.78, 5) is 4.78. The summed E-state index contributed by atoms with van der Waals surface area (Å²) in [5.41, 5.74) is 1.06. The first kappa shape index (κ1) is 16.8. The summed E-state index contributed by atoms with van der Waals surface area (Å²) < 4.78 is 6.68. The molecule has 2 atom stereocenters. The van der Waals surface area contributed by atoms with Crippen LogP contribution >= 0.6 is 11.3 Å². The highest BCUT2D eigenvalue weighted by atomic mass is 32.1. The van der Waals surface area contributed by atoms with Crippen LogP contribution in [0.1, 0.15) is 37.6 Å². The second kappa shape index (κ2) is 7.26. The van der Waals surface area contributed by atoms with Gasteiger partial charge in [0.05, 0.1) is 21.8 Å². The number of para-hydroxylation sites is 1. The van der Waals surface area contributed by atoms with E-state index in [0.717, 1.165) is 38.1 Å². The molecule has 1 saturated heterocycles. The number of aliphatic hydroxyl groups excluding tert-OH is 1. The van der Waals surface area contributed by atoms with Gasteiger partial charge in [-0.15, -0.1) is 11.3 Å². The number of aromatic nitrogens is 1. The van der Waals surface area contributed by atoms with Gasteiger partial charge in [0.2, 0.25) is 0 Å². The zero-order valence-electron chi connectivity index (χ0n) is 13.9. The van der Waals surface area contributed by atoms with Crippen LogP contribution in [-0.4, -0.2) is 42.5 Å². The van der Waals surface area contributed by atoms with Gasteiger partial charge in [0.15, 0.2) is 0 Å². The molecule has 0 spiro atoms. The lowest BCUT2D eigenvalue weighted by atomic mass is 9.80. The van der Waals surface area contributed by atoms with Gasteiger partial charge < -0.3 is 15.2 Å². The predicted octanol–water partition coefficient (Wildman–Crippen LogP) is 3.17. The number of ether oxygens (including phenoxy) is 1. The summed E-state index contributed by atoms with van der Waals surface area (Å²) in [5.74, 6) is 0.350. The molecule has 1 fully saturated rings. The van der Waals surface area contributed by atoms with Gasteiger partial charge in [-0.3, -0.25) is 0 Å². The van der Waals surface area contributed by atoms with Crippen LogP contribution in [0.2, 0.25) is 0 Å². The zero-order chi connectivity index (χ0) is 16.3. The van der Waals surface area contributed by atoms with Crippen molar-refractivity contribution < 1.29 is 9.84 Å². The number of hydrogen-bond donors (Lipinski definition) is 2. The Bertz CT molecular complexity index is 604. The van der Waals surface area contributed by atoms with E-state index in [-0.39, 0.29) is 12.0 Å². The molecule has 1 aliphatic rings. The molecule has 1 aliphatic heterocycles. The van der Waals surface area contributed by atoms with Crippen LogP contribution in [0.25, 0.3) is 10.2 Å². The Labute approximate surface area is 141 Å². The minimum absolute atomic E-state index is 0.0280. The third kappa shape index (κ3) is 3.74. The standard InChI is InChI=1S/C18H26N2O2S/c1-13(17-20-15-5-3-4-6-16(15)23-17)14(2)19-11-18(12-21)7-9-22-10-8-18/h3-6,13-14,19,21H,7-12H2,1-2H3. The number of nitrogens with one attached hydrogen (secondary N) is 1. The van der Waals surface area contributed by atoms with Crippen LogP contribution in [0.4, 0.5) is 0 Å². The van der Waals surface area contributed by atoms with Crippen molar-refractivity contribution in [2.24, 2.45) is 5.41 Å². The van der Waals surface area contributed by atoms with Gasteiger partial charge in [-0.05, 0) is 31.9 Å². The number of thiazole rings is 1. The second-order valence-electron chi connectivity index (χ2n) is 6.75. The van der Waals surface area contributed by atoms with Gasteiger partial charge in [-0.25, -0.2) is 4.98 Å². The van der Waals surface area contributed by atoms with E-state index in [4.69, 9.17) is 9.72 Å². The predicted molar refractivity (Wildman–Crippen MR) is 95.1 cm³/mol. The average molecular weight is 334 g/mol. The lowest BCUT2D eigenvalue weighted by Crippen LogP contribution is -2.45. The van der Waals surface area contributed by atoms with E-state index in [1.807, 2.05) is 6.07 Å². The molecule has 2 unspecified atom stereocenters. The van der Waals surface area contributed by atoms with E-state index in [0.29, 0.717) is 12.0 Å². The lowest BCUT2D eigenvalue weighted by molar-refractivity contribution is -0.0165. The molecule has 0 bridgehead atoms. The van der Waals surface area contributed by atoms with Crippen molar-refractivity contribution >= 4 is 21.6 Å². The number of nitrogens with zero attached hydrogens (tertiary/aromatic N) is 1. The highest BCUT2D eigenvalue weighted by molar-refractivity contribution is 7.18. The lowest BCUT2D eigenvalue weighted by Gasteiger charge is -2.37. The van der Waals surface area contributed by atoms with Gasteiger partial charge in [-0.1, -0.05) is 19.1 Å². The van der Waals surface area contributed by atoms with Gasteiger partial charge in [0.25, 0.3) is 0 Å². The Morgan fingerprint density at radius 3 is 2.74 bits per heavy atom. The molecular weight excluding hydrogens is 308 g/mol. The maximum Gasteiger partial charge on any atom is 0.0982 e.